The van der Waals surface area contributed by atoms with Gasteiger partial charge in [-0.25, -0.2) is 10.2 Å². The first kappa shape index (κ1) is 23.4. The van der Waals surface area contributed by atoms with Gasteiger partial charge < -0.3 is 14.2 Å². The molecule has 0 saturated carbocycles. The van der Waals surface area contributed by atoms with Gasteiger partial charge in [-0.15, -0.1) is 0 Å². The molecule has 0 heterocycles. The number of hydrogen-bond donors (Lipinski definition) is 1. The Balaban J connectivity index is 2.06. The van der Waals surface area contributed by atoms with Gasteiger partial charge in [-0.05, 0) is 65.5 Å². The molecule has 0 bridgehead atoms. The standard InChI is InChI=1S/C22H25BrN2O5/c1-5-29-19-10-16(9-18(23)22(19)30-13-21(27)28-4)12-24-25-20(26)11-17-7-6-14(2)8-15(17)3/h6-10,12H,5,11,13H2,1-4H3,(H,25,26)/b24-12+. The SMILES string of the molecule is CCOc1cc(/C=N/NC(=O)Cc2ccc(C)cc2C)cc(Br)c1OCC(=O)OC. The van der Waals surface area contributed by atoms with Crippen LogP contribution in [0.4, 0.5) is 0 Å². The molecule has 0 radical (unpaired) electrons. The lowest BCUT2D eigenvalue weighted by Gasteiger charge is -2.13. The number of hydrazone groups is 1. The summed E-state index contributed by atoms with van der Waals surface area (Å²) in [6.45, 7) is 6.01. The second-order valence-corrected chi connectivity index (χ2v) is 7.38. The number of halogens is 1. The van der Waals surface area contributed by atoms with E-state index >= 15 is 0 Å². The second-order valence-electron chi connectivity index (χ2n) is 6.53. The van der Waals surface area contributed by atoms with Gasteiger partial charge in [0.2, 0.25) is 5.91 Å². The van der Waals surface area contributed by atoms with Gasteiger partial charge in [0.25, 0.3) is 0 Å². The van der Waals surface area contributed by atoms with Crippen LogP contribution >= 0.6 is 15.9 Å². The molecule has 0 spiro atoms. The van der Waals surface area contributed by atoms with Crippen molar-refractivity contribution in [1.29, 1.82) is 0 Å². The number of carbonyl (C=O) groups is 2. The molecule has 1 amide bonds. The molecule has 2 aromatic rings. The number of methoxy groups -OCH3 is 1. The van der Waals surface area contributed by atoms with E-state index in [0.717, 1.165) is 16.7 Å². The van der Waals surface area contributed by atoms with E-state index in [0.29, 0.717) is 28.1 Å². The minimum atomic E-state index is -0.499. The van der Waals surface area contributed by atoms with Crippen molar-refractivity contribution in [3.8, 4) is 11.5 Å². The molecule has 0 aliphatic carbocycles. The van der Waals surface area contributed by atoms with Crippen molar-refractivity contribution in [2.24, 2.45) is 5.10 Å². The van der Waals surface area contributed by atoms with Crippen molar-refractivity contribution in [2.75, 3.05) is 20.3 Å². The summed E-state index contributed by atoms with van der Waals surface area (Å²) >= 11 is 3.41. The van der Waals surface area contributed by atoms with E-state index in [1.807, 2.05) is 39.0 Å². The number of esters is 1. The van der Waals surface area contributed by atoms with Crippen molar-refractivity contribution in [2.45, 2.75) is 27.2 Å². The molecule has 0 unspecified atom stereocenters. The molecule has 1 N–H and O–H groups in total. The number of aryl methyl sites for hydroxylation is 2. The maximum atomic E-state index is 12.2. The summed E-state index contributed by atoms with van der Waals surface area (Å²) in [6, 6.07) is 9.43. The maximum Gasteiger partial charge on any atom is 0.343 e. The summed E-state index contributed by atoms with van der Waals surface area (Å²) in [7, 11) is 1.29. The molecule has 160 valence electrons. The fourth-order valence-electron chi connectivity index (χ4n) is 2.69. The van der Waals surface area contributed by atoms with Gasteiger partial charge in [-0.2, -0.15) is 5.10 Å². The fourth-order valence-corrected chi connectivity index (χ4v) is 3.27. The molecular weight excluding hydrogens is 452 g/mol. The lowest BCUT2D eigenvalue weighted by Crippen LogP contribution is -2.20. The first-order valence-electron chi connectivity index (χ1n) is 9.38. The highest BCUT2D eigenvalue weighted by Gasteiger charge is 2.14. The molecule has 30 heavy (non-hydrogen) atoms. The van der Waals surface area contributed by atoms with Gasteiger partial charge in [-0.1, -0.05) is 23.8 Å². The molecule has 0 aliphatic rings. The van der Waals surface area contributed by atoms with Crippen LogP contribution < -0.4 is 14.9 Å². The number of rotatable bonds is 9. The van der Waals surface area contributed by atoms with E-state index in [1.54, 1.807) is 12.1 Å². The van der Waals surface area contributed by atoms with E-state index in [9.17, 15) is 9.59 Å². The molecule has 7 nitrogen and oxygen atoms in total. The van der Waals surface area contributed by atoms with Crippen LogP contribution in [0, 0.1) is 13.8 Å². The van der Waals surface area contributed by atoms with E-state index < -0.39 is 5.97 Å². The van der Waals surface area contributed by atoms with Gasteiger partial charge in [0, 0.05) is 0 Å². The predicted molar refractivity (Wildman–Crippen MR) is 118 cm³/mol. The van der Waals surface area contributed by atoms with Crippen LogP contribution in [0.2, 0.25) is 0 Å². The number of amides is 1. The largest absolute Gasteiger partial charge is 0.490 e. The van der Waals surface area contributed by atoms with Crippen molar-refractivity contribution in [1.82, 2.24) is 5.43 Å². The number of benzene rings is 2. The third-order valence-electron chi connectivity index (χ3n) is 4.15. The highest BCUT2D eigenvalue weighted by Crippen LogP contribution is 2.36. The van der Waals surface area contributed by atoms with Crippen LogP contribution in [0.15, 0.2) is 39.9 Å². The summed E-state index contributed by atoms with van der Waals surface area (Å²) < 4.78 is 16.3. The minimum absolute atomic E-state index is 0.208. The quantitative estimate of drug-likeness (QED) is 0.338. The topological polar surface area (TPSA) is 86.2 Å². The molecule has 0 aromatic heterocycles. The van der Waals surface area contributed by atoms with E-state index in [2.05, 4.69) is 31.2 Å². The van der Waals surface area contributed by atoms with Crippen LogP contribution in [-0.4, -0.2) is 38.4 Å². The van der Waals surface area contributed by atoms with Crippen LogP contribution in [0.5, 0.6) is 11.5 Å². The Kier molecular flexibility index (Phi) is 8.86. The Morgan fingerprint density at radius 1 is 1.17 bits per heavy atom. The Bertz CT molecular complexity index is 943. The zero-order valence-electron chi connectivity index (χ0n) is 17.5. The van der Waals surface area contributed by atoms with Crippen molar-refractivity contribution in [3.63, 3.8) is 0 Å². The van der Waals surface area contributed by atoms with Crippen molar-refractivity contribution >= 4 is 34.0 Å². The Hall–Kier alpha value is -2.87. The average molecular weight is 477 g/mol. The molecule has 0 atom stereocenters. The first-order valence-corrected chi connectivity index (χ1v) is 10.2. The van der Waals surface area contributed by atoms with Crippen LogP contribution in [0.1, 0.15) is 29.2 Å². The highest BCUT2D eigenvalue weighted by molar-refractivity contribution is 9.10. The van der Waals surface area contributed by atoms with Gasteiger partial charge in [0.15, 0.2) is 18.1 Å². The van der Waals surface area contributed by atoms with Gasteiger partial charge >= 0.3 is 5.97 Å². The monoisotopic (exact) mass is 476 g/mol. The van der Waals surface area contributed by atoms with Crippen molar-refractivity contribution < 1.29 is 23.8 Å². The molecule has 0 saturated heterocycles. The number of carbonyl (C=O) groups excluding carboxylic acids is 2. The Labute approximate surface area is 184 Å². The van der Waals surface area contributed by atoms with Crippen molar-refractivity contribution in [3.05, 3.63) is 57.1 Å². The first-order chi connectivity index (χ1) is 14.3. The smallest absolute Gasteiger partial charge is 0.343 e. The number of nitrogens with one attached hydrogen (secondary N) is 1. The van der Waals surface area contributed by atoms with Gasteiger partial charge in [-0.3, -0.25) is 4.79 Å². The fraction of sp³-hybridized carbons (Fsp3) is 0.318. The minimum Gasteiger partial charge on any atom is -0.490 e. The predicted octanol–water partition coefficient (Wildman–Crippen LogP) is 3.71. The zero-order chi connectivity index (χ0) is 22.1. The number of nitrogens with zero attached hydrogens (tertiary/aromatic N) is 1. The lowest BCUT2D eigenvalue weighted by molar-refractivity contribution is -0.143. The lowest BCUT2D eigenvalue weighted by atomic mass is 10.0. The van der Waals surface area contributed by atoms with E-state index in [1.165, 1.54) is 13.3 Å². The summed E-state index contributed by atoms with van der Waals surface area (Å²) in [5.74, 6) is 0.124. The number of ether oxygens (including phenoxy) is 3. The molecule has 2 rings (SSSR count). The van der Waals surface area contributed by atoms with Crippen LogP contribution in [0.25, 0.3) is 0 Å². The van der Waals surface area contributed by atoms with E-state index in [4.69, 9.17) is 9.47 Å². The van der Waals surface area contributed by atoms with Gasteiger partial charge in [0.05, 0.1) is 30.8 Å². The molecule has 2 aromatic carbocycles. The Morgan fingerprint density at radius 2 is 1.93 bits per heavy atom. The third kappa shape index (κ3) is 6.88. The molecule has 0 fully saturated rings. The summed E-state index contributed by atoms with van der Waals surface area (Å²) in [5, 5.41) is 4.03. The second kappa shape index (κ2) is 11.3. The maximum absolute atomic E-state index is 12.2. The molecular formula is C22H25BrN2O5. The molecule has 0 aliphatic heterocycles. The van der Waals surface area contributed by atoms with Crippen LogP contribution in [-0.2, 0) is 20.7 Å². The van der Waals surface area contributed by atoms with Gasteiger partial charge in [0.1, 0.15) is 0 Å². The zero-order valence-corrected chi connectivity index (χ0v) is 19.0. The number of hydrogen-bond acceptors (Lipinski definition) is 6. The normalized spacial score (nSPS) is 10.7. The molecule has 8 heteroatoms. The summed E-state index contributed by atoms with van der Waals surface area (Å²) in [6.07, 6.45) is 1.76. The highest BCUT2D eigenvalue weighted by atomic mass is 79.9. The third-order valence-corrected chi connectivity index (χ3v) is 4.73. The van der Waals surface area contributed by atoms with E-state index in [-0.39, 0.29) is 18.9 Å². The van der Waals surface area contributed by atoms with Crippen LogP contribution in [0.3, 0.4) is 0 Å². The Morgan fingerprint density at radius 3 is 2.60 bits per heavy atom. The average Bonchev–Trinajstić information content (AvgIpc) is 2.69. The summed E-state index contributed by atoms with van der Waals surface area (Å²) in [4.78, 5) is 23.5. The summed E-state index contributed by atoms with van der Waals surface area (Å²) in [5.41, 5.74) is 6.41.